The zero-order chi connectivity index (χ0) is 18.1. The second-order valence-electron chi connectivity index (χ2n) is 6.42. The first-order valence-corrected chi connectivity index (χ1v) is 6.72. The molecule has 0 aliphatic rings. The van der Waals surface area contributed by atoms with Gasteiger partial charge in [0.1, 0.15) is 6.54 Å². The van der Waals surface area contributed by atoms with Crippen LogP contribution in [0.2, 0.25) is 0 Å². The van der Waals surface area contributed by atoms with Crippen LogP contribution in [0, 0.1) is 5.41 Å². The number of rotatable bonds is 3. The molecule has 23 heavy (non-hydrogen) atoms. The smallest absolute Gasteiger partial charge is 0.329 e. The molecule has 0 aliphatic carbocycles. The van der Waals surface area contributed by atoms with Gasteiger partial charge in [0.25, 0.3) is 5.91 Å². The molecule has 0 spiro atoms. The van der Waals surface area contributed by atoms with Crippen molar-refractivity contribution < 1.29 is 31.1 Å². The van der Waals surface area contributed by atoms with E-state index in [-0.39, 0.29) is 6.54 Å². The van der Waals surface area contributed by atoms with Gasteiger partial charge in [0, 0.05) is 12.1 Å². The highest BCUT2D eigenvalue weighted by molar-refractivity contribution is 5.94. The second-order valence-corrected chi connectivity index (χ2v) is 6.42. The summed E-state index contributed by atoms with van der Waals surface area (Å²) in [5.74, 6) is -1.08. The van der Waals surface area contributed by atoms with Crippen LogP contribution in [0.5, 0.6) is 0 Å². The lowest BCUT2D eigenvalue weighted by Crippen LogP contribution is -2.43. The molecular formula is C15H17F6NO. The first-order valence-electron chi connectivity index (χ1n) is 6.72. The quantitative estimate of drug-likeness (QED) is 0.726. The van der Waals surface area contributed by atoms with Crippen LogP contribution in [0.1, 0.15) is 36.7 Å². The number of carbonyl (C=O) groups is 1. The highest BCUT2D eigenvalue weighted by Gasteiger charge is 2.36. The summed E-state index contributed by atoms with van der Waals surface area (Å²) in [7, 11) is 0. The molecule has 0 N–H and O–H groups in total. The van der Waals surface area contributed by atoms with Crippen molar-refractivity contribution in [1.82, 2.24) is 4.90 Å². The second kappa shape index (κ2) is 6.41. The van der Waals surface area contributed by atoms with Crippen LogP contribution in [0.3, 0.4) is 0 Å². The molecule has 1 aromatic rings. The Morgan fingerprint density at radius 2 is 1.57 bits per heavy atom. The molecule has 1 aromatic carbocycles. The van der Waals surface area contributed by atoms with Crippen LogP contribution >= 0.6 is 0 Å². The fourth-order valence-corrected chi connectivity index (χ4v) is 2.00. The molecule has 0 heterocycles. The molecule has 0 saturated heterocycles. The molecular weight excluding hydrogens is 324 g/mol. The molecule has 8 heteroatoms. The van der Waals surface area contributed by atoms with E-state index in [0.717, 1.165) is 18.2 Å². The number of nitrogens with zero attached hydrogens (tertiary/aromatic N) is 1. The summed E-state index contributed by atoms with van der Waals surface area (Å²) in [6.45, 7) is 3.16. The van der Waals surface area contributed by atoms with E-state index in [1.54, 1.807) is 20.8 Å². The van der Waals surface area contributed by atoms with Gasteiger partial charge in [-0.25, -0.2) is 0 Å². The van der Waals surface area contributed by atoms with Gasteiger partial charge in [-0.3, -0.25) is 4.79 Å². The summed E-state index contributed by atoms with van der Waals surface area (Å²) >= 11 is 0. The van der Waals surface area contributed by atoms with Crippen LogP contribution in [0.4, 0.5) is 26.3 Å². The largest absolute Gasteiger partial charge is 0.416 e. The highest BCUT2D eigenvalue weighted by atomic mass is 19.4. The fourth-order valence-electron chi connectivity index (χ4n) is 2.00. The van der Waals surface area contributed by atoms with Crippen LogP contribution in [-0.4, -0.2) is 30.1 Å². The van der Waals surface area contributed by atoms with E-state index >= 15 is 0 Å². The molecule has 1 rings (SSSR count). The van der Waals surface area contributed by atoms with Crippen molar-refractivity contribution in [3.63, 3.8) is 0 Å². The van der Waals surface area contributed by atoms with E-state index in [4.69, 9.17) is 0 Å². The number of amides is 1. The third-order valence-corrected chi connectivity index (χ3v) is 2.76. The van der Waals surface area contributed by atoms with Crippen LogP contribution < -0.4 is 0 Å². The summed E-state index contributed by atoms with van der Waals surface area (Å²) < 4.78 is 76.0. The highest BCUT2D eigenvalue weighted by Crippen LogP contribution is 2.30. The number of alkyl halides is 6. The van der Waals surface area contributed by atoms with E-state index in [2.05, 4.69) is 0 Å². The van der Waals surface area contributed by atoms with Crippen molar-refractivity contribution in [1.29, 1.82) is 0 Å². The molecule has 0 atom stereocenters. The lowest BCUT2D eigenvalue weighted by Gasteiger charge is -2.30. The maximum atomic E-state index is 12.7. The van der Waals surface area contributed by atoms with Crippen LogP contribution in [0.15, 0.2) is 24.3 Å². The van der Waals surface area contributed by atoms with Crippen molar-refractivity contribution in [2.75, 3.05) is 13.1 Å². The number of hydrogen-bond donors (Lipinski definition) is 0. The summed E-state index contributed by atoms with van der Waals surface area (Å²) in [5, 5.41) is 0. The Morgan fingerprint density at radius 3 is 2.00 bits per heavy atom. The Bertz CT molecular complexity index is 540. The fraction of sp³-hybridized carbons (Fsp3) is 0.533. The van der Waals surface area contributed by atoms with Gasteiger partial charge < -0.3 is 4.90 Å². The lowest BCUT2D eigenvalue weighted by atomic mass is 9.95. The average Bonchev–Trinajstić information content (AvgIpc) is 2.33. The number of carbonyl (C=O) groups excluding carboxylic acids is 1. The van der Waals surface area contributed by atoms with Crippen molar-refractivity contribution in [3.8, 4) is 0 Å². The average molecular weight is 341 g/mol. The Labute approximate surface area is 130 Å². The van der Waals surface area contributed by atoms with Gasteiger partial charge in [0.2, 0.25) is 0 Å². The minimum Gasteiger partial charge on any atom is -0.329 e. The van der Waals surface area contributed by atoms with Gasteiger partial charge in [-0.05, 0) is 23.6 Å². The zero-order valence-corrected chi connectivity index (χ0v) is 12.8. The van der Waals surface area contributed by atoms with Crippen LogP contribution in [-0.2, 0) is 6.18 Å². The normalized spacial score (nSPS) is 13.1. The Hall–Kier alpha value is -1.73. The molecule has 0 fully saturated rings. The van der Waals surface area contributed by atoms with Crippen molar-refractivity contribution in [2.24, 2.45) is 5.41 Å². The van der Waals surface area contributed by atoms with Gasteiger partial charge in [-0.2, -0.15) is 26.3 Å². The number of hydrogen-bond acceptors (Lipinski definition) is 1. The molecule has 2 nitrogen and oxygen atoms in total. The van der Waals surface area contributed by atoms with Crippen molar-refractivity contribution in [3.05, 3.63) is 35.4 Å². The van der Waals surface area contributed by atoms with Gasteiger partial charge in [0.15, 0.2) is 0 Å². The minimum atomic E-state index is -4.67. The zero-order valence-electron chi connectivity index (χ0n) is 12.8. The van der Waals surface area contributed by atoms with E-state index in [1.165, 1.54) is 0 Å². The van der Waals surface area contributed by atoms with E-state index < -0.39 is 41.3 Å². The molecule has 0 bridgehead atoms. The van der Waals surface area contributed by atoms with Gasteiger partial charge in [0.05, 0.1) is 5.56 Å². The number of halogens is 6. The third kappa shape index (κ3) is 6.50. The lowest BCUT2D eigenvalue weighted by molar-refractivity contribution is -0.143. The van der Waals surface area contributed by atoms with E-state index in [0.29, 0.717) is 11.0 Å². The monoisotopic (exact) mass is 341 g/mol. The molecule has 1 amide bonds. The maximum absolute atomic E-state index is 12.7. The molecule has 130 valence electrons. The molecule has 0 aliphatic heterocycles. The molecule has 0 saturated carbocycles. The summed E-state index contributed by atoms with van der Waals surface area (Å²) in [6.07, 6.45) is -9.31. The topological polar surface area (TPSA) is 20.3 Å². The Kier molecular flexibility index (Phi) is 5.38. The Balaban J connectivity index is 3.14. The summed E-state index contributed by atoms with van der Waals surface area (Å²) in [6, 6.07) is 3.39. The Morgan fingerprint density at radius 1 is 1.00 bits per heavy atom. The van der Waals surface area contributed by atoms with E-state index in [9.17, 15) is 31.1 Å². The van der Waals surface area contributed by atoms with Gasteiger partial charge in [-0.15, -0.1) is 0 Å². The SMILES string of the molecule is CC(C)(C)CN(CC(F)(F)F)C(=O)c1cccc(C(F)(F)F)c1. The standard InChI is InChI=1S/C15H17F6NO/c1-13(2,3)8-22(9-14(16,17)18)12(23)10-5-4-6-11(7-10)15(19,20)21/h4-7H,8-9H2,1-3H3. The van der Waals surface area contributed by atoms with Gasteiger partial charge >= 0.3 is 12.4 Å². The van der Waals surface area contributed by atoms with Gasteiger partial charge in [-0.1, -0.05) is 26.8 Å². The van der Waals surface area contributed by atoms with E-state index in [1.807, 2.05) is 0 Å². The summed E-state index contributed by atoms with van der Waals surface area (Å²) in [4.78, 5) is 12.8. The minimum absolute atomic E-state index is 0.235. The molecule has 0 unspecified atom stereocenters. The van der Waals surface area contributed by atoms with Crippen molar-refractivity contribution in [2.45, 2.75) is 33.1 Å². The predicted octanol–water partition coefficient (Wildman–Crippen LogP) is 4.76. The first kappa shape index (κ1) is 19.3. The molecule has 0 aromatic heterocycles. The maximum Gasteiger partial charge on any atom is 0.416 e. The van der Waals surface area contributed by atoms with Crippen molar-refractivity contribution >= 4 is 5.91 Å². The van der Waals surface area contributed by atoms with Crippen LogP contribution in [0.25, 0.3) is 0 Å². The number of benzene rings is 1. The first-order chi connectivity index (χ1) is 10.2. The third-order valence-electron chi connectivity index (χ3n) is 2.76. The molecule has 0 radical (unpaired) electrons. The summed E-state index contributed by atoms with van der Waals surface area (Å²) in [5.41, 5.74) is -2.14. The predicted molar refractivity (Wildman–Crippen MR) is 72.9 cm³/mol.